The molecule has 0 aliphatic heterocycles. The lowest BCUT2D eigenvalue weighted by molar-refractivity contribution is 0.331. The predicted octanol–water partition coefficient (Wildman–Crippen LogP) is 3.48. The van der Waals surface area contributed by atoms with E-state index >= 15 is 0 Å². The van der Waals surface area contributed by atoms with Crippen molar-refractivity contribution < 1.29 is 0 Å². The first-order chi connectivity index (χ1) is 8.69. The fourth-order valence-electron chi connectivity index (χ4n) is 2.67. The van der Waals surface area contributed by atoms with Gasteiger partial charge in [0.25, 0.3) is 0 Å². The standard InChI is InChI=1S/C16H22N2/c1-12-3-4-13(2)15(9-12)11-18-16-7-5-14(10-17)6-8-16/h3-4,9,14,16,18H,5-8,11H2,1-2H3. The van der Waals surface area contributed by atoms with Crippen molar-refractivity contribution >= 4 is 0 Å². The predicted molar refractivity (Wildman–Crippen MR) is 74.1 cm³/mol. The first-order valence-corrected chi connectivity index (χ1v) is 6.88. The lowest BCUT2D eigenvalue weighted by Gasteiger charge is -2.26. The van der Waals surface area contributed by atoms with E-state index in [1.807, 2.05) is 0 Å². The number of rotatable bonds is 3. The van der Waals surface area contributed by atoms with Crippen LogP contribution >= 0.6 is 0 Å². The van der Waals surface area contributed by atoms with Crippen LogP contribution in [0.2, 0.25) is 0 Å². The Hall–Kier alpha value is -1.33. The zero-order valence-corrected chi connectivity index (χ0v) is 11.4. The normalized spacial score (nSPS) is 23.6. The Morgan fingerprint density at radius 2 is 1.94 bits per heavy atom. The summed E-state index contributed by atoms with van der Waals surface area (Å²) in [5.41, 5.74) is 4.09. The van der Waals surface area contributed by atoms with Gasteiger partial charge in [0.1, 0.15) is 0 Å². The van der Waals surface area contributed by atoms with Gasteiger partial charge in [-0.25, -0.2) is 0 Å². The Morgan fingerprint density at radius 1 is 1.22 bits per heavy atom. The molecule has 0 unspecified atom stereocenters. The highest BCUT2D eigenvalue weighted by atomic mass is 14.9. The van der Waals surface area contributed by atoms with E-state index in [2.05, 4.69) is 43.4 Å². The minimum atomic E-state index is 0.295. The smallest absolute Gasteiger partial charge is 0.0655 e. The van der Waals surface area contributed by atoms with Crippen LogP contribution in [0.1, 0.15) is 42.4 Å². The first kappa shape index (κ1) is 13.1. The maximum Gasteiger partial charge on any atom is 0.0655 e. The molecule has 0 radical (unpaired) electrons. The molecule has 0 heterocycles. The van der Waals surface area contributed by atoms with Crippen LogP contribution in [-0.4, -0.2) is 6.04 Å². The van der Waals surface area contributed by atoms with Crippen molar-refractivity contribution in [3.05, 3.63) is 34.9 Å². The quantitative estimate of drug-likeness (QED) is 0.881. The van der Waals surface area contributed by atoms with E-state index in [0.29, 0.717) is 12.0 Å². The lowest BCUT2D eigenvalue weighted by Crippen LogP contribution is -2.32. The molecular formula is C16H22N2. The third kappa shape index (κ3) is 3.34. The minimum absolute atomic E-state index is 0.295. The zero-order chi connectivity index (χ0) is 13.0. The average molecular weight is 242 g/mol. The highest BCUT2D eigenvalue weighted by Gasteiger charge is 2.20. The third-order valence-electron chi connectivity index (χ3n) is 4.00. The number of nitrogens with zero attached hydrogens (tertiary/aromatic N) is 1. The number of hydrogen-bond donors (Lipinski definition) is 1. The molecule has 0 saturated heterocycles. The molecule has 2 nitrogen and oxygen atoms in total. The molecule has 0 amide bonds. The van der Waals surface area contributed by atoms with E-state index in [1.165, 1.54) is 16.7 Å². The van der Waals surface area contributed by atoms with Crippen molar-refractivity contribution in [2.75, 3.05) is 0 Å². The van der Waals surface area contributed by atoms with E-state index in [9.17, 15) is 0 Å². The maximum absolute atomic E-state index is 8.88. The van der Waals surface area contributed by atoms with Gasteiger partial charge in [-0.3, -0.25) is 0 Å². The van der Waals surface area contributed by atoms with Crippen LogP contribution in [0.15, 0.2) is 18.2 Å². The van der Waals surface area contributed by atoms with Crippen LogP contribution in [-0.2, 0) is 6.54 Å². The molecule has 0 aromatic heterocycles. The summed E-state index contributed by atoms with van der Waals surface area (Å²) in [6.45, 7) is 5.26. The second-order valence-corrected chi connectivity index (χ2v) is 5.49. The molecule has 1 saturated carbocycles. The van der Waals surface area contributed by atoms with Gasteiger partial charge in [-0.1, -0.05) is 23.8 Å². The Balaban J connectivity index is 1.85. The highest BCUT2D eigenvalue weighted by Crippen LogP contribution is 2.23. The minimum Gasteiger partial charge on any atom is -0.310 e. The fraction of sp³-hybridized carbons (Fsp3) is 0.562. The Bertz CT molecular complexity index is 437. The summed E-state index contributed by atoms with van der Waals surface area (Å²) in [5, 5.41) is 12.5. The molecule has 1 fully saturated rings. The second kappa shape index (κ2) is 6.02. The zero-order valence-electron chi connectivity index (χ0n) is 11.4. The Labute approximate surface area is 110 Å². The maximum atomic E-state index is 8.88. The number of nitrogens with one attached hydrogen (secondary N) is 1. The summed E-state index contributed by atoms with van der Waals surface area (Å²) in [6, 6.07) is 9.60. The van der Waals surface area contributed by atoms with Gasteiger partial charge in [0.15, 0.2) is 0 Å². The van der Waals surface area contributed by atoms with Crippen LogP contribution in [0.3, 0.4) is 0 Å². The van der Waals surface area contributed by atoms with Gasteiger partial charge in [0, 0.05) is 18.5 Å². The number of aryl methyl sites for hydroxylation is 2. The summed E-state index contributed by atoms with van der Waals surface area (Å²) >= 11 is 0. The molecule has 18 heavy (non-hydrogen) atoms. The van der Waals surface area contributed by atoms with E-state index in [1.54, 1.807) is 0 Å². The van der Waals surface area contributed by atoms with Crippen molar-refractivity contribution in [3.63, 3.8) is 0 Å². The second-order valence-electron chi connectivity index (χ2n) is 5.49. The Kier molecular flexibility index (Phi) is 4.38. The van der Waals surface area contributed by atoms with E-state index in [-0.39, 0.29) is 0 Å². The molecule has 0 bridgehead atoms. The number of nitriles is 1. The summed E-state index contributed by atoms with van der Waals surface area (Å²) in [4.78, 5) is 0. The summed E-state index contributed by atoms with van der Waals surface area (Å²) in [7, 11) is 0. The summed E-state index contributed by atoms with van der Waals surface area (Å²) in [5.74, 6) is 0.295. The average Bonchev–Trinajstić information content (AvgIpc) is 2.40. The SMILES string of the molecule is Cc1ccc(C)c(CNC2CCC(C#N)CC2)c1. The van der Waals surface area contributed by atoms with Gasteiger partial charge >= 0.3 is 0 Å². The number of benzene rings is 1. The summed E-state index contributed by atoms with van der Waals surface area (Å²) in [6.07, 6.45) is 4.40. The molecular weight excluding hydrogens is 220 g/mol. The molecule has 0 spiro atoms. The van der Waals surface area contributed by atoms with E-state index in [0.717, 1.165) is 32.2 Å². The van der Waals surface area contributed by atoms with Crippen LogP contribution in [0.5, 0.6) is 0 Å². The van der Waals surface area contributed by atoms with Gasteiger partial charge in [0.05, 0.1) is 6.07 Å². The van der Waals surface area contributed by atoms with Gasteiger partial charge in [-0.05, 0) is 50.7 Å². The van der Waals surface area contributed by atoms with Crippen LogP contribution in [0, 0.1) is 31.1 Å². The van der Waals surface area contributed by atoms with Crippen molar-refractivity contribution in [2.24, 2.45) is 5.92 Å². The van der Waals surface area contributed by atoms with E-state index < -0.39 is 0 Å². The summed E-state index contributed by atoms with van der Waals surface area (Å²) < 4.78 is 0. The van der Waals surface area contributed by atoms with Gasteiger partial charge < -0.3 is 5.32 Å². The molecule has 0 atom stereocenters. The third-order valence-corrected chi connectivity index (χ3v) is 4.00. The lowest BCUT2D eigenvalue weighted by atomic mass is 9.87. The molecule has 1 aliphatic rings. The molecule has 1 aromatic rings. The van der Waals surface area contributed by atoms with Crippen molar-refractivity contribution in [1.82, 2.24) is 5.32 Å². The van der Waals surface area contributed by atoms with Gasteiger partial charge in [-0.2, -0.15) is 5.26 Å². The van der Waals surface area contributed by atoms with Crippen LogP contribution < -0.4 is 5.32 Å². The largest absolute Gasteiger partial charge is 0.310 e. The van der Waals surface area contributed by atoms with Gasteiger partial charge in [0.2, 0.25) is 0 Å². The molecule has 1 aliphatic carbocycles. The van der Waals surface area contributed by atoms with Crippen LogP contribution in [0.25, 0.3) is 0 Å². The van der Waals surface area contributed by atoms with Crippen LogP contribution in [0.4, 0.5) is 0 Å². The van der Waals surface area contributed by atoms with Crippen molar-refractivity contribution in [3.8, 4) is 6.07 Å². The van der Waals surface area contributed by atoms with Crippen molar-refractivity contribution in [1.29, 1.82) is 5.26 Å². The topological polar surface area (TPSA) is 35.8 Å². The van der Waals surface area contributed by atoms with Gasteiger partial charge in [-0.15, -0.1) is 0 Å². The highest BCUT2D eigenvalue weighted by molar-refractivity contribution is 5.30. The monoisotopic (exact) mass is 242 g/mol. The van der Waals surface area contributed by atoms with Crippen molar-refractivity contribution in [2.45, 2.75) is 52.1 Å². The molecule has 1 aromatic carbocycles. The number of hydrogen-bond acceptors (Lipinski definition) is 2. The molecule has 96 valence electrons. The Morgan fingerprint density at radius 3 is 2.61 bits per heavy atom. The molecule has 2 heteroatoms. The van der Waals surface area contributed by atoms with E-state index in [4.69, 9.17) is 5.26 Å². The fourth-order valence-corrected chi connectivity index (χ4v) is 2.67. The molecule has 2 rings (SSSR count). The molecule has 1 N–H and O–H groups in total. The first-order valence-electron chi connectivity index (χ1n) is 6.88.